The predicted octanol–water partition coefficient (Wildman–Crippen LogP) is 5.24. The Balaban J connectivity index is 0.00000109. The van der Waals surface area contributed by atoms with E-state index < -0.39 is 6.36 Å². The zero-order chi connectivity index (χ0) is 18.6. The highest BCUT2D eigenvalue weighted by Gasteiger charge is 2.31. The largest absolute Gasteiger partial charge is 0.573 e. The molecule has 1 aromatic carbocycles. The fourth-order valence-electron chi connectivity index (χ4n) is 2.38. The van der Waals surface area contributed by atoms with E-state index in [1.807, 2.05) is 32.9 Å². The number of hydrogen-bond acceptors (Lipinski definition) is 3. The number of alkyl halides is 3. The van der Waals surface area contributed by atoms with Crippen LogP contribution in [0.2, 0.25) is 0 Å². The van der Waals surface area contributed by atoms with Crippen LogP contribution in [0.25, 0.3) is 16.6 Å². The minimum absolute atomic E-state index is 0.299. The molecular formula is C18H19F3N2O2. The zero-order valence-corrected chi connectivity index (χ0v) is 14.4. The van der Waals surface area contributed by atoms with Crippen molar-refractivity contribution < 1.29 is 22.6 Å². The first-order valence-electron chi connectivity index (χ1n) is 7.75. The van der Waals surface area contributed by atoms with Gasteiger partial charge in [0.05, 0.1) is 18.8 Å². The predicted molar refractivity (Wildman–Crippen MR) is 89.9 cm³/mol. The van der Waals surface area contributed by atoms with E-state index in [1.165, 1.54) is 25.3 Å². The third kappa shape index (κ3) is 4.23. The van der Waals surface area contributed by atoms with Crippen molar-refractivity contribution in [2.24, 2.45) is 0 Å². The summed E-state index contributed by atoms with van der Waals surface area (Å²) in [6.45, 7) is 5.93. The third-order valence-electron chi connectivity index (χ3n) is 3.43. The lowest BCUT2D eigenvalue weighted by Crippen LogP contribution is -2.17. The Morgan fingerprint density at radius 1 is 1.08 bits per heavy atom. The molecule has 0 saturated carbocycles. The Morgan fingerprint density at radius 3 is 2.44 bits per heavy atom. The van der Waals surface area contributed by atoms with Gasteiger partial charge >= 0.3 is 6.36 Å². The molecule has 2 heterocycles. The van der Waals surface area contributed by atoms with E-state index in [9.17, 15) is 13.2 Å². The van der Waals surface area contributed by atoms with Crippen LogP contribution in [-0.2, 0) is 0 Å². The molecule has 0 bridgehead atoms. The molecule has 3 rings (SSSR count). The number of benzene rings is 1. The number of pyridine rings is 1. The van der Waals surface area contributed by atoms with Crippen LogP contribution in [0.5, 0.6) is 11.5 Å². The molecular weight excluding hydrogens is 333 g/mol. The van der Waals surface area contributed by atoms with Gasteiger partial charge < -0.3 is 9.47 Å². The van der Waals surface area contributed by atoms with Crippen LogP contribution >= 0.6 is 0 Å². The highest BCUT2D eigenvalue weighted by molar-refractivity contribution is 5.75. The first-order chi connectivity index (χ1) is 11.9. The molecule has 3 aromatic rings. The number of aromatic nitrogens is 2. The maximum Gasteiger partial charge on any atom is 0.573 e. The van der Waals surface area contributed by atoms with E-state index in [4.69, 9.17) is 4.74 Å². The van der Waals surface area contributed by atoms with Crippen molar-refractivity contribution in [3.8, 4) is 22.6 Å². The monoisotopic (exact) mass is 352 g/mol. The third-order valence-corrected chi connectivity index (χ3v) is 3.43. The fraction of sp³-hybridized carbons (Fsp3) is 0.278. The maximum absolute atomic E-state index is 12.3. The number of aryl methyl sites for hydroxylation is 1. The summed E-state index contributed by atoms with van der Waals surface area (Å²) in [5.74, 6) is -0.0204. The van der Waals surface area contributed by atoms with E-state index in [1.54, 1.807) is 16.9 Å². The lowest BCUT2D eigenvalue weighted by molar-refractivity contribution is -0.274. The van der Waals surface area contributed by atoms with Crippen molar-refractivity contribution in [1.29, 1.82) is 0 Å². The van der Waals surface area contributed by atoms with Gasteiger partial charge in [-0.2, -0.15) is 5.10 Å². The van der Waals surface area contributed by atoms with Crippen LogP contribution < -0.4 is 9.47 Å². The second kappa shape index (κ2) is 7.46. The molecule has 0 fully saturated rings. The maximum atomic E-state index is 12.3. The summed E-state index contributed by atoms with van der Waals surface area (Å²) in [6.07, 6.45) is -1.20. The molecule has 0 atom stereocenters. The zero-order valence-electron chi connectivity index (χ0n) is 14.4. The second-order valence-corrected chi connectivity index (χ2v) is 4.98. The Labute approximate surface area is 143 Å². The molecule has 134 valence electrons. The molecule has 0 amide bonds. The highest BCUT2D eigenvalue weighted by atomic mass is 19.4. The van der Waals surface area contributed by atoms with Crippen molar-refractivity contribution in [2.75, 3.05) is 7.11 Å². The second-order valence-electron chi connectivity index (χ2n) is 4.98. The summed E-state index contributed by atoms with van der Waals surface area (Å²) in [5, 5.41) is 4.19. The average Bonchev–Trinajstić information content (AvgIpc) is 2.96. The van der Waals surface area contributed by atoms with Crippen LogP contribution in [0.4, 0.5) is 13.2 Å². The number of halogens is 3. The highest BCUT2D eigenvalue weighted by Crippen LogP contribution is 2.35. The van der Waals surface area contributed by atoms with Crippen LogP contribution in [0.3, 0.4) is 0 Å². The number of rotatable bonds is 3. The van der Waals surface area contributed by atoms with Crippen molar-refractivity contribution in [3.63, 3.8) is 0 Å². The van der Waals surface area contributed by atoms with Crippen LogP contribution in [0.15, 0.2) is 42.7 Å². The van der Waals surface area contributed by atoms with Crippen LogP contribution in [-0.4, -0.2) is 23.1 Å². The normalized spacial score (nSPS) is 11.0. The SMILES string of the molecule is CC.COc1cc(OC(F)(F)F)ccc1-c1ccn2ncc(C)c2c1. The van der Waals surface area contributed by atoms with Gasteiger partial charge in [0.15, 0.2) is 0 Å². The molecule has 2 aromatic heterocycles. The van der Waals surface area contributed by atoms with Gasteiger partial charge in [0, 0.05) is 17.8 Å². The summed E-state index contributed by atoms with van der Waals surface area (Å²) in [6, 6.07) is 7.75. The topological polar surface area (TPSA) is 35.8 Å². The van der Waals surface area contributed by atoms with Crippen molar-refractivity contribution in [1.82, 2.24) is 9.61 Å². The van der Waals surface area contributed by atoms with Gasteiger partial charge in [-0.3, -0.25) is 0 Å². The van der Waals surface area contributed by atoms with Gasteiger partial charge in [-0.15, -0.1) is 13.2 Å². The molecule has 7 heteroatoms. The van der Waals surface area contributed by atoms with Crippen molar-refractivity contribution >= 4 is 5.52 Å². The van der Waals surface area contributed by atoms with E-state index in [0.717, 1.165) is 16.6 Å². The molecule has 0 saturated heterocycles. The Morgan fingerprint density at radius 2 is 1.80 bits per heavy atom. The van der Waals surface area contributed by atoms with Crippen molar-refractivity contribution in [3.05, 3.63) is 48.3 Å². The van der Waals surface area contributed by atoms with E-state index in [-0.39, 0.29) is 5.75 Å². The molecule has 0 aliphatic rings. The van der Waals surface area contributed by atoms with Gasteiger partial charge in [-0.25, -0.2) is 4.52 Å². The summed E-state index contributed by atoms with van der Waals surface area (Å²) >= 11 is 0. The number of hydrogen-bond donors (Lipinski definition) is 0. The number of methoxy groups -OCH3 is 1. The molecule has 0 aliphatic carbocycles. The van der Waals surface area contributed by atoms with Crippen molar-refractivity contribution in [2.45, 2.75) is 27.1 Å². The summed E-state index contributed by atoms with van der Waals surface area (Å²) < 4.78 is 47.8. The Bertz CT molecular complexity index is 857. The molecule has 0 radical (unpaired) electrons. The van der Waals surface area contributed by atoms with E-state index in [0.29, 0.717) is 11.3 Å². The molecule has 25 heavy (non-hydrogen) atoms. The van der Waals surface area contributed by atoms with E-state index >= 15 is 0 Å². The Hall–Kier alpha value is -2.70. The summed E-state index contributed by atoms with van der Waals surface area (Å²) in [4.78, 5) is 0. The molecule has 4 nitrogen and oxygen atoms in total. The van der Waals surface area contributed by atoms with Crippen LogP contribution in [0, 0.1) is 6.92 Å². The molecule has 0 spiro atoms. The van der Waals surface area contributed by atoms with Gasteiger partial charge in [0.25, 0.3) is 0 Å². The quantitative estimate of drug-likeness (QED) is 0.646. The summed E-state index contributed by atoms with van der Waals surface area (Å²) in [5.41, 5.74) is 3.41. The van der Waals surface area contributed by atoms with Gasteiger partial charge in [0.2, 0.25) is 0 Å². The minimum Gasteiger partial charge on any atom is -0.496 e. The number of fused-ring (bicyclic) bond motifs is 1. The fourth-order valence-corrected chi connectivity index (χ4v) is 2.38. The lowest BCUT2D eigenvalue weighted by atomic mass is 10.0. The number of ether oxygens (including phenoxy) is 2. The van der Waals surface area contributed by atoms with E-state index in [2.05, 4.69) is 9.84 Å². The lowest BCUT2D eigenvalue weighted by Gasteiger charge is -2.13. The standard InChI is InChI=1S/C16H13F3N2O2.C2H6/c1-10-9-20-21-6-5-11(7-14(10)21)13-4-3-12(8-15(13)22-2)23-16(17,18)19;1-2/h3-9H,1-2H3;1-2H3. The van der Waals surface area contributed by atoms with Gasteiger partial charge in [0.1, 0.15) is 11.5 Å². The van der Waals surface area contributed by atoms with Gasteiger partial charge in [-0.1, -0.05) is 13.8 Å². The molecule has 0 aliphatic heterocycles. The Kier molecular flexibility index (Phi) is 5.56. The molecule has 0 N–H and O–H groups in total. The smallest absolute Gasteiger partial charge is 0.496 e. The van der Waals surface area contributed by atoms with Gasteiger partial charge in [-0.05, 0) is 42.3 Å². The first-order valence-corrected chi connectivity index (χ1v) is 7.75. The average molecular weight is 352 g/mol. The molecule has 0 unspecified atom stereocenters. The first kappa shape index (κ1) is 18.6. The number of nitrogens with zero attached hydrogens (tertiary/aromatic N) is 2. The van der Waals surface area contributed by atoms with Crippen LogP contribution in [0.1, 0.15) is 19.4 Å². The minimum atomic E-state index is -4.74. The summed E-state index contributed by atoms with van der Waals surface area (Å²) in [7, 11) is 1.40.